The third-order valence-electron chi connectivity index (χ3n) is 4.82. The van der Waals surface area contributed by atoms with Gasteiger partial charge in [0, 0.05) is 29.3 Å². The number of fused-ring (bicyclic) bond motifs is 1. The van der Waals surface area contributed by atoms with E-state index in [9.17, 15) is 0 Å². The average Bonchev–Trinajstić information content (AvgIpc) is 2.82. The molecule has 2 aliphatic rings. The van der Waals surface area contributed by atoms with Crippen LogP contribution in [-0.4, -0.2) is 12.6 Å². The zero-order chi connectivity index (χ0) is 13.4. The van der Waals surface area contributed by atoms with Crippen molar-refractivity contribution in [1.29, 1.82) is 0 Å². The molecule has 2 fully saturated rings. The highest BCUT2D eigenvalue weighted by atomic mass is 35.5. The van der Waals surface area contributed by atoms with E-state index in [0.29, 0.717) is 0 Å². The van der Waals surface area contributed by atoms with Crippen LogP contribution in [0.3, 0.4) is 0 Å². The van der Waals surface area contributed by atoms with Crippen LogP contribution in [0.1, 0.15) is 50.6 Å². The number of hydrogen-bond donors (Lipinski definition) is 1. The van der Waals surface area contributed by atoms with Gasteiger partial charge in [-0.05, 0) is 49.8 Å². The number of anilines is 1. The Morgan fingerprint density at radius 3 is 2.79 bits per heavy atom. The van der Waals surface area contributed by atoms with E-state index in [4.69, 9.17) is 17.3 Å². The van der Waals surface area contributed by atoms with Crippen molar-refractivity contribution in [1.82, 2.24) is 0 Å². The van der Waals surface area contributed by atoms with Crippen molar-refractivity contribution >= 4 is 17.3 Å². The fourth-order valence-electron chi connectivity index (χ4n) is 3.79. The second kappa shape index (κ2) is 5.34. The quantitative estimate of drug-likeness (QED) is 0.881. The minimum Gasteiger partial charge on any atom is -0.368 e. The van der Waals surface area contributed by atoms with E-state index in [0.717, 1.165) is 22.5 Å². The van der Waals surface area contributed by atoms with Gasteiger partial charge in [-0.25, -0.2) is 0 Å². The molecule has 0 aromatic heterocycles. The molecule has 3 rings (SSSR count). The Bertz CT molecular complexity index is 458. The highest BCUT2D eigenvalue weighted by molar-refractivity contribution is 6.31. The number of halogens is 1. The van der Waals surface area contributed by atoms with Gasteiger partial charge in [-0.15, -0.1) is 0 Å². The maximum absolute atomic E-state index is 6.37. The summed E-state index contributed by atoms with van der Waals surface area (Å²) in [5, 5.41) is 0.812. The molecule has 1 heterocycles. The van der Waals surface area contributed by atoms with Crippen LogP contribution in [0.2, 0.25) is 5.02 Å². The number of nitrogens with zero attached hydrogens (tertiary/aromatic N) is 1. The molecule has 1 aromatic rings. The fraction of sp³-hybridized carbons (Fsp3) is 0.625. The van der Waals surface area contributed by atoms with Gasteiger partial charge in [-0.3, -0.25) is 0 Å². The molecule has 0 spiro atoms. The minimum absolute atomic E-state index is 0.00237. The lowest BCUT2D eigenvalue weighted by Crippen LogP contribution is -2.34. The van der Waals surface area contributed by atoms with E-state index in [1.165, 1.54) is 44.3 Å². The van der Waals surface area contributed by atoms with E-state index in [1.54, 1.807) is 0 Å². The van der Waals surface area contributed by atoms with Gasteiger partial charge in [0.05, 0.1) is 0 Å². The third kappa shape index (κ3) is 2.48. The van der Waals surface area contributed by atoms with E-state index in [-0.39, 0.29) is 6.04 Å². The van der Waals surface area contributed by atoms with Crippen LogP contribution in [0.15, 0.2) is 18.2 Å². The highest BCUT2D eigenvalue weighted by Crippen LogP contribution is 2.39. The highest BCUT2D eigenvalue weighted by Gasteiger charge is 2.35. The first-order chi connectivity index (χ1) is 9.16. The number of rotatable bonds is 2. The molecule has 3 atom stereocenters. The fourth-order valence-corrected chi connectivity index (χ4v) is 4.14. The van der Waals surface area contributed by atoms with Gasteiger partial charge < -0.3 is 10.6 Å². The van der Waals surface area contributed by atoms with Crippen molar-refractivity contribution in [3.05, 3.63) is 28.8 Å². The lowest BCUT2D eigenvalue weighted by Gasteiger charge is -2.33. The van der Waals surface area contributed by atoms with E-state index in [2.05, 4.69) is 23.1 Å². The number of benzene rings is 1. The van der Waals surface area contributed by atoms with Crippen LogP contribution >= 0.6 is 11.6 Å². The molecule has 1 aliphatic carbocycles. The summed E-state index contributed by atoms with van der Waals surface area (Å²) in [6.07, 6.45) is 6.89. The van der Waals surface area contributed by atoms with Crippen molar-refractivity contribution in [2.75, 3.05) is 11.4 Å². The first-order valence-corrected chi connectivity index (χ1v) is 7.86. The predicted molar refractivity (Wildman–Crippen MR) is 81.8 cm³/mol. The molecule has 104 valence electrons. The van der Waals surface area contributed by atoms with Gasteiger partial charge in [0.1, 0.15) is 0 Å². The van der Waals surface area contributed by atoms with E-state index < -0.39 is 0 Å². The first-order valence-electron chi connectivity index (χ1n) is 7.48. The van der Waals surface area contributed by atoms with Crippen molar-refractivity contribution in [2.24, 2.45) is 11.7 Å². The zero-order valence-corrected chi connectivity index (χ0v) is 12.4. The second-order valence-corrected chi connectivity index (χ2v) is 6.50. The third-order valence-corrected chi connectivity index (χ3v) is 5.14. The maximum atomic E-state index is 6.37. The number of nitrogens with two attached hydrogens (primary N) is 1. The van der Waals surface area contributed by atoms with E-state index >= 15 is 0 Å². The van der Waals surface area contributed by atoms with Gasteiger partial charge in [-0.1, -0.05) is 30.5 Å². The average molecular weight is 279 g/mol. The molecule has 1 aromatic carbocycles. The van der Waals surface area contributed by atoms with Gasteiger partial charge >= 0.3 is 0 Å². The lowest BCUT2D eigenvalue weighted by molar-refractivity contribution is 0.342. The molecular formula is C16H23ClN2. The van der Waals surface area contributed by atoms with Gasteiger partial charge in [0.2, 0.25) is 0 Å². The SMILES string of the molecule is CC(N)c1ccc(N2CCC3CCCCC32)cc1Cl. The van der Waals surface area contributed by atoms with E-state index in [1.807, 2.05) is 6.92 Å². The van der Waals surface area contributed by atoms with Crippen molar-refractivity contribution in [3.8, 4) is 0 Å². The Labute approximate surface area is 120 Å². The summed E-state index contributed by atoms with van der Waals surface area (Å²) in [5.41, 5.74) is 8.25. The minimum atomic E-state index is 0.00237. The molecule has 1 aliphatic heterocycles. The Morgan fingerprint density at radius 2 is 2.05 bits per heavy atom. The van der Waals surface area contributed by atoms with Crippen LogP contribution in [0.4, 0.5) is 5.69 Å². The van der Waals surface area contributed by atoms with Crippen LogP contribution in [0.25, 0.3) is 0 Å². The van der Waals surface area contributed by atoms with Crippen LogP contribution in [0.5, 0.6) is 0 Å². The standard InChI is InChI=1S/C16H23ClN2/c1-11(18)14-7-6-13(10-15(14)17)19-9-8-12-4-2-3-5-16(12)19/h6-7,10-12,16H,2-5,8-9,18H2,1H3. The van der Waals surface area contributed by atoms with Gasteiger partial charge in [0.15, 0.2) is 0 Å². The topological polar surface area (TPSA) is 29.3 Å². The summed E-state index contributed by atoms with van der Waals surface area (Å²) < 4.78 is 0. The maximum Gasteiger partial charge on any atom is 0.0474 e. The van der Waals surface area contributed by atoms with Crippen LogP contribution in [-0.2, 0) is 0 Å². The molecule has 0 amide bonds. The largest absolute Gasteiger partial charge is 0.368 e. The smallest absolute Gasteiger partial charge is 0.0474 e. The van der Waals surface area contributed by atoms with Crippen molar-refractivity contribution < 1.29 is 0 Å². The Balaban J connectivity index is 1.84. The number of hydrogen-bond acceptors (Lipinski definition) is 2. The van der Waals surface area contributed by atoms with Crippen LogP contribution < -0.4 is 10.6 Å². The van der Waals surface area contributed by atoms with Gasteiger partial charge in [-0.2, -0.15) is 0 Å². The van der Waals surface area contributed by atoms with Crippen molar-refractivity contribution in [3.63, 3.8) is 0 Å². The molecular weight excluding hydrogens is 256 g/mol. The Kier molecular flexibility index (Phi) is 3.72. The zero-order valence-electron chi connectivity index (χ0n) is 11.6. The predicted octanol–water partition coefficient (Wildman–Crippen LogP) is 4.13. The molecule has 2 nitrogen and oxygen atoms in total. The molecule has 19 heavy (non-hydrogen) atoms. The molecule has 0 bridgehead atoms. The first kappa shape index (κ1) is 13.3. The summed E-state index contributed by atoms with van der Waals surface area (Å²) in [5.74, 6) is 0.903. The summed E-state index contributed by atoms with van der Waals surface area (Å²) in [6.45, 7) is 3.16. The summed E-state index contributed by atoms with van der Waals surface area (Å²) in [4.78, 5) is 2.57. The molecule has 3 unspecified atom stereocenters. The summed E-state index contributed by atoms with van der Waals surface area (Å²) >= 11 is 6.37. The van der Waals surface area contributed by atoms with Crippen LogP contribution in [0, 0.1) is 5.92 Å². The van der Waals surface area contributed by atoms with Crippen molar-refractivity contribution in [2.45, 2.75) is 51.1 Å². The molecule has 0 radical (unpaired) electrons. The lowest BCUT2D eigenvalue weighted by atomic mass is 9.85. The molecule has 1 saturated heterocycles. The monoisotopic (exact) mass is 278 g/mol. The molecule has 3 heteroatoms. The van der Waals surface area contributed by atoms with Gasteiger partial charge in [0.25, 0.3) is 0 Å². The Hall–Kier alpha value is -0.730. The normalized spacial score (nSPS) is 28.3. The summed E-state index contributed by atoms with van der Waals surface area (Å²) in [7, 11) is 0. The molecule has 1 saturated carbocycles. The molecule has 2 N–H and O–H groups in total. The summed E-state index contributed by atoms with van der Waals surface area (Å²) in [6, 6.07) is 7.14. The Morgan fingerprint density at radius 1 is 1.26 bits per heavy atom. The second-order valence-electron chi connectivity index (χ2n) is 6.09.